The highest BCUT2D eigenvalue weighted by Gasteiger charge is 2.46. The van der Waals surface area contributed by atoms with Crippen LogP contribution >= 0.6 is 0 Å². The monoisotopic (exact) mass is 496 g/mol. The van der Waals surface area contributed by atoms with E-state index in [1.807, 2.05) is 49.5 Å². The number of aliphatic hydroxyl groups excluding tert-OH is 1. The van der Waals surface area contributed by atoms with E-state index in [0.717, 1.165) is 16.5 Å². The van der Waals surface area contributed by atoms with Gasteiger partial charge in [-0.3, -0.25) is 9.59 Å². The summed E-state index contributed by atoms with van der Waals surface area (Å²) in [6.07, 6.45) is 2.47. The van der Waals surface area contributed by atoms with E-state index in [0.29, 0.717) is 42.2 Å². The van der Waals surface area contributed by atoms with Gasteiger partial charge in [-0.1, -0.05) is 30.3 Å². The Balaban J connectivity index is 1.55. The molecular formula is C30H28N2O5. The maximum atomic E-state index is 13.3. The minimum atomic E-state index is -0.758. The maximum Gasteiger partial charge on any atom is 0.295 e. The number of aliphatic hydroxyl groups is 1. The summed E-state index contributed by atoms with van der Waals surface area (Å²) in [4.78, 5) is 31.5. The SMILES string of the molecule is CCOc1ccc(/C(O)=C2/C(=O)C(=O)N(CCc3c[nH]c4ccccc34)C2c2cccc(OC)c2)cc1. The van der Waals surface area contributed by atoms with Crippen LogP contribution in [0.25, 0.3) is 16.7 Å². The molecule has 2 heterocycles. The largest absolute Gasteiger partial charge is 0.507 e. The lowest BCUT2D eigenvalue weighted by Crippen LogP contribution is -2.31. The highest BCUT2D eigenvalue weighted by molar-refractivity contribution is 6.46. The van der Waals surface area contributed by atoms with Crippen LogP contribution in [0.5, 0.6) is 11.5 Å². The summed E-state index contributed by atoms with van der Waals surface area (Å²) in [6, 6.07) is 21.3. The number of likely N-dealkylation sites (tertiary alicyclic amines) is 1. The fraction of sp³-hybridized carbons (Fsp3) is 0.200. The van der Waals surface area contributed by atoms with Crippen molar-refractivity contribution in [1.82, 2.24) is 9.88 Å². The fourth-order valence-corrected chi connectivity index (χ4v) is 4.88. The van der Waals surface area contributed by atoms with E-state index < -0.39 is 17.7 Å². The van der Waals surface area contributed by atoms with E-state index in [-0.39, 0.29) is 11.3 Å². The predicted octanol–water partition coefficient (Wildman–Crippen LogP) is 5.24. The van der Waals surface area contributed by atoms with Gasteiger partial charge in [-0.05, 0) is 66.9 Å². The zero-order valence-corrected chi connectivity index (χ0v) is 20.7. The molecule has 1 atom stereocenters. The smallest absolute Gasteiger partial charge is 0.295 e. The number of methoxy groups -OCH3 is 1. The second-order valence-electron chi connectivity index (χ2n) is 8.84. The van der Waals surface area contributed by atoms with Crippen molar-refractivity contribution in [3.05, 3.63) is 101 Å². The normalized spacial score (nSPS) is 16.9. The van der Waals surface area contributed by atoms with Gasteiger partial charge in [0.1, 0.15) is 17.3 Å². The molecule has 1 saturated heterocycles. The molecule has 1 aliphatic rings. The van der Waals surface area contributed by atoms with Gasteiger partial charge in [-0.2, -0.15) is 0 Å². The molecule has 1 fully saturated rings. The molecule has 0 saturated carbocycles. The molecule has 4 aromatic rings. The fourth-order valence-electron chi connectivity index (χ4n) is 4.88. The molecule has 1 unspecified atom stereocenters. The topological polar surface area (TPSA) is 91.9 Å². The Labute approximate surface area is 214 Å². The van der Waals surface area contributed by atoms with E-state index in [1.54, 1.807) is 48.4 Å². The third-order valence-electron chi connectivity index (χ3n) is 6.69. The Morgan fingerprint density at radius 2 is 1.78 bits per heavy atom. The van der Waals surface area contributed by atoms with Gasteiger partial charge in [-0.15, -0.1) is 0 Å². The molecule has 7 heteroatoms. The van der Waals surface area contributed by atoms with Gasteiger partial charge in [0.2, 0.25) is 0 Å². The lowest BCUT2D eigenvalue weighted by atomic mass is 9.95. The van der Waals surface area contributed by atoms with E-state index in [2.05, 4.69) is 4.98 Å². The number of nitrogens with zero attached hydrogens (tertiary/aromatic N) is 1. The number of nitrogens with one attached hydrogen (secondary N) is 1. The van der Waals surface area contributed by atoms with Crippen LogP contribution in [-0.2, 0) is 16.0 Å². The highest BCUT2D eigenvalue weighted by Crippen LogP contribution is 2.40. The third kappa shape index (κ3) is 4.56. The van der Waals surface area contributed by atoms with Crippen molar-refractivity contribution in [2.75, 3.05) is 20.3 Å². The number of amides is 1. The number of para-hydroxylation sites is 1. The molecule has 1 aliphatic heterocycles. The standard InChI is InChI=1S/C30H28N2O5/c1-3-37-22-13-11-19(12-14-22)28(33)26-27(20-7-6-8-23(17-20)36-2)32(30(35)29(26)34)16-15-21-18-31-25-10-5-4-9-24(21)25/h4-14,17-18,27,31,33H,3,15-16H2,1-2H3/b28-26-. The maximum absolute atomic E-state index is 13.3. The number of ether oxygens (including phenoxy) is 2. The van der Waals surface area contributed by atoms with Crippen LogP contribution < -0.4 is 9.47 Å². The molecule has 37 heavy (non-hydrogen) atoms. The van der Waals surface area contributed by atoms with Gasteiger partial charge >= 0.3 is 0 Å². The van der Waals surface area contributed by atoms with Crippen molar-refractivity contribution in [1.29, 1.82) is 0 Å². The van der Waals surface area contributed by atoms with Crippen LogP contribution in [0.3, 0.4) is 0 Å². The van der Waals surface area contributed by atoms with Crippen molar-refractivity contribution in [2.24, 2.45) is 0 Å². The number of carbonyl (C=O) groups excluding carboxylic acids is 2. The van der Waals surface area contributed by atoms with Crippen LogP contribution in [0.15, 0.2) is 84.6 Å². The zero-order chi connectivity index (χ0) is 25.9. The van der Waals surface area contributed by atoms with Crippen molar-refractivity contribution in [2.45, 2.75) is 19.4 Å². The third-order valence-corrected chi connectivity index (χ3v) is 6.69. The molecule has 0 radical (unpaired) electrons. The van der Waals surface area contributed by atoms with E-state index >= 15 is 0 Å². The second kappa shape index (κ2) is 10.2. The van der Waals surface area contributed by atoms with Gasteiger partial charge in [0.25, 0.3) is 11.7 Å². The van der Waals surface area contributed by atoms with Crippen LogP contribution in [0.1, 0.15) is 29.7 Å². The summed E-state index contributed by atoms with van der Waals surface area (Å²) in [6.45, 7) is 2.71. The second-order valence-corrected chi connectivity index (χ2v) is 8.84. The molecule has 1 amide bonds. The summed E-state index contributed by atoms with van der Waals surface area (Å²) in [5.74, 6) is -0.314. The zero-order valence-electron chi connectivity index (χ0n) is 20.7. The Morgan fingerprint density at radius 1 is 1.00 bits per heavy atom. The molecule has 3 aromatic carbocycles. The molecule has 188 valence electrons. The summed E-state index contributed by atoms with van der Waals surface area (Å²) < 4.78 is 10.9. The van der Waals surface area contributed by atoms with Crippen LogP contribution in [0.2, 0.25) is 0 Å². The summed E-state index contributed by atoms with van der Waals surface area (Å²) >= 11 is 0. The lowest BCUT2D eigenvalue weighted by molar-refractivity contribution is -0.139. The minimum Gasteiger partial charge on any atom is -0.507 e. The van der Waals surface area contributed by atoms with Crippen LogP contribution in [0, 0.1) is 0 Å². The van der Waals surface area contributed by atoms with E-state index in [9.17, 15) is 14.7 Å². The van der Waals surface area contributed by atoms with Crippen LogP contribution in [0.4, 0.5) is 0 Å². The summed E-state index contributed by atoms with van der Waals surface area (Å²) in [5.41, 5.74) is 3.24. The Morgan fingerprint density at radius 3 is 2.54 bits per heavy atom. The Hall–Kier alpha value is -4.52. The number of H-pyrrole nitrogens is 1. The number of rotatable bonds is 8. The van der Waals surface area contributed by atoms with E-state index in [1.165, 1.54) is 0 Å². The molecule has 2 N–H and O–H groups in total. The first-order chi connectivity index (χ1) is 18.0. The Bertz CT molecular complexity index is 1490. The number of hydrogen-bond acceptors (Lipinski definition) is 5. The first-order valence-electron chi connectivity index (χ1n) is 12.2. The lowest BCUT2D eigenvalue weighted by Gasteiger charge is -2.25. The van der Waals surface area contributed by atoms with Gasteiger partial charge in [0, 0.05) is 29.2 Å². The van der Waals surface area contributed by atoms with Crippen LogP contribution in [-0.4, -0.2) is 46.9 Å². The minimum absolute atomic E-state index is 0.0568. The molecular weight excluding hydrogens is 468 g/mol. The van der Waals surface area contributed by atoms with E-state index in [4.69, 9.17) is 9.47 Å². The Kier molecular flexibility index (Phi) is 6.68. The average Bonchev–Trinajstić information content (AvgIpc) is 3.46. The number of aromatic nitrogens is 1. The first-order valence-corrected chi connectivity index (χ1v) is 12.2. The molecule has 0 aliphatic carbocycles. The van der Waals surface area contributed by atoms with Gasteiger partial charge in [-0.25, -0.2) is 0 Å². The number of Topliss-reactive ketones (excluding diaryl/α,β-unsaturated/α-hetero) is 1. The highest BCUT2D eigenvalue weighted by atomic mass is 16.5. The molecule has 0 bridgehead atoms. The van der Waals surface area contributed by atoms with Crippen molar-refractivity contribution >= 4 is 28.4 Å². The van der Waals surface area contributed by atoms with Gasteiger partial charge < -0.3 is 24.5 Å². The van der Waals surface area contributed by atoms with Gasteiger partial charge in [0.15, 0.2) is 0 Å². The number of aromatic amines is 1. The first kappa shape index (κ1) is 24.2. The van der Waals surface area contributed by atoms with Crippen molar-refractivity contribution in [3.63, 3.8) is 0 Å². The van der Waals surface area contributed by atoms with Crippen molar-refractivity contribution < 1.29 is 24.2 Å². The number of ketones is 1. The number of carbonyl (C=O) groups is 2. The molecule has 0 spiro atoms. The van der Waals surface area contributed by atoms with Gasteiger partial charge in [0.05, 0.1) is 25.3 Å². The summed E-state index contributed by atoms with van der Waals surface area (Å²) in [7, 11) is 1.56. The predicted molar refractivity (Wildman–Crippen MR) is 142 cm³/mol. The molecule has 5 rings (SSSR count). The number of hydrogen-bond donors (Lipinski definition) is 2. The molecule has 7 nitrogen and oxygen atoms in total. The quantitative estimate of drug-likeness (QED) is 0.198. The average molecular weight is 497 g/mol. The van der Waals surface area contributed by atoms with Crippen molar-refractivity contribution in [3.8, 4) is 11.5 Å². The molecule has 1 aromatic heterocycles. The summed E-state index contributed by atoms with van der Waals surface area (Å²) in [5, 5.41) is 12.4. The number of benzene rings is 3. The number of fused-ring (bicyclic) bond motifs is 1.